The van der Waals surface area contributed by atoms with Crippen molar-refractivity contribution < 1.29 is 14.4 Å². The Morgan fingerprint density at radius 1 is 1.00 bits per heavy atom. The van der Waals surface area contributed by atoms with E-state index in [1.165, 1.54) is 0 Å². The second kappa shape index (κ2) is 9.07. The molecule has 30 heavy (non-hydrogen) atoms. The first-order chi connectivity index (χ1) is 14.6. The number of piperidine rings is 1. The van der Waals surface area contributed by atoms with Gasteiger partial charge in [-0.05, 0) is 42.7 Å². The molecule has 2 aliphatic heterocycles. The zero-order valence-corrected chi connectivity index (χ0v) is 16.9. The molecule has 2 saturated heterocycles. The summed E-state index contributed by atoms with van der Waals surface area (Å²) in [6, 6.07) is 13.2. The van der Waals surface area contributed by atoms with Crippen LogP contribution < -0.4 is 10.2 Å². The molecule has 1 aromatic heterocycles. The maximum Gasteiger partial charge on any atom is 0.228 e. The highest BCUT2D eigenvalue weighted by atomic mass is 16.2. The van der Waals surface area contributed by atoms with Gasteiger partial charge in [0.15, 0.2) is 0 Å². The van der Waals surface area contributed by atoms with Gasteiger partial charge in [0.1, 0.15) is 0 Å². The first-order valence-electron chi connectivity index (χ1n) is 10.4. The number of nitrogens with zero attached hydrogens (tertiary/aromatic N) is 3. The molecule has 0 bridgehead atoms. The van der Waals surface area contributed by atoms with E-state index in [2.05, 4.69) is 10.3 Å². The lowest BCUT2D eigenvalue weighted by atomic mass is 9.94. The van der Waals surface area contributed by atoms with Crippen molar-refractivity contribution in [3.63, 3.8) is 0 Å². The number of amides is 3. The van der Waals surface area contributed by atoms with E-state index in [0.717, 1.165) is 11.3 Å². The number of nitrogens with one attached hydrogen (secondary N) is 1. The van der Waals surface area contributed by atoms with Gasteiger partial charge in [0.05, 0.1) is 5.92 Å². The average molecular weight is 406 g/mol. The van der Waals surface area contributed by atoms with Gasteiger partial charge in [-0.2, -0.15) is 0 Å². The Labute approximate surface area is 176 Å². The van der Waals surface area contributed by atoms with Gasteiger partial charge in [-0.25, -0.2) is 0 Å². The summed E-state index contributed by atoms with van der Waals surface area (Å²) >= 11 is 0. The van der Waals surface area contributed by atoms with Gasteiger partial charge in [-0.15, -0.1) is 0 Å². The van der Waals surface area contributed by atoms with Crippen molar-refractivity contribution in [3.05, 3.63) is 60.4 Å². The molecule has 2 fully saturated rings. The molecule has 0 radical (unpaired) electrons. The fourth-order valence-electron chi connectivity index (χ4n) is 4.18. The molecule has 0 spiro atoms. The van der Waals surface area contributed by atoms with Crippen LogP contribution in [0.2, 0.25) is 0 Å². The summed E-state index contributed by atoms with van der Waals surface area (Å²) in [5.41, 5.74) is 1.85. The molecule has 0 saturated carbocycles. The Morgan fingerprint density at radius 2 is 1.70 bits per heavy atom. The lowest BCUT2D eigenvalue weighted by Crippen LogP contribution is -2.45. The van der Waals surface area contributed by atoms with E-state index in [0.29, 0.717) is 39.0 Å². The van der Waals surface area contributed by atoms with E-state index >= 15 is 0 Å². The van der Waals surface area contributed by atoms with Crippen molar-refractivity contribution in [2.75, 3.05) is 24.5 Å². The Kier molecular flexibility index (Phi) is 6.07. The fraction of sp³-hybridized carbons (Fsp3) is 0.391. The van der Waals surface area contributed by atoms with Crippen molar-refractivity contribution in [1.29, 1.82) is 0 Å². The number of hydrogen-bond donors (Lipinski definition) is 1. The van der Waals surface area contributed by atoms with Gasteiger partial charge in [0, 0.05) is 56.6 Å². The van der Waals surface area contributed by atoms with Crippen LogP contribution in [0.3, 0.4) is 0 Å². The quantitative estimate of drug-likeness (QED) is 0.823. The number of carbonyl (C=O) groups excluding carboxylic acids is 3. The third-order valence-electron chi connectivity index (χ3n) is 5.94. The Morgan fingerprint density at radius 3 is 2.40 bits per heavy atom. The minimum absolute atomic E-state index is 0.00933. The molecular formula is C23H26N4O3. The summed E-state index contributed by atoms with van der Waals surface area (Å²) in [5.74, 6) is -0.343. The summed E-state index contributed by atoms with van der Waals surface area (Å²) in [6.07, 6.45) is 4.96. The summed E-state index contributed by atoms with van der Waals surface area (Å²) in [5, 5.41) is 2.98. The largest absolute Gasteiger partial charge is 0.352 e. The van der Waals surface area contributed by atoms with Gasteiger partial charge in [-0.1, -0.05) is 18.2 Å². The Hall–Kier alpha value is -3.22. The maximum atomic E-state index is 13.0. The highest BCUT2D eigenvalue weighted by molar-refractivity contribution is 6.00. The van der Waals surface area contributed by atoms with Crippen molar-refractivity contribution in [1.82, 2.24) is 15.2 Å². The third kappa shape index (κ3) is 4.50. The molecule has 156 valence electrons. The van der Waals surface area contributed by atoms with E-state index in [4.69, 9.17) is 0 Å². The van der Waals surface area contributed by atoms with E-state index in [-0.39, 0.29) is 36.0 Å². The van der Waals surface area contributed by atoms with Gasteiger partial charge < -0.3 is 15.1 Å². The molecule has 2 aromatic rings. The van der Waals surface area contributed by atoms with Crippen LogP contribution in [-0.4, -0.2) is 47.2 Å². The van der Waals surface area contributed by atoms with Crippen LogP contribution in [0.15, 0.2) is 54.9 Å². The summed E-state index contributed by atoms with van der Waals surface area (Å²) in [6.45, 7) is 2.03. The van der Waals surface area contributed by atoms with Crippen LogP contribution >= 0.6 is 0 Å². The van der Waals surface area contributed by atoms with E-state index < -0.39 is 0 Å². The number of anilines is 1. The first kappa shape index (κ1) is 20.1. The number of aromatic nitrogens is 1. The van der Waals surface area contributed by atoms with Crippen molar-refractivity contribution in [2.45, 2.75) is 25.8 Å². The molecular weight excluding hydrogens is 380 g/mol. The first-order valence-corrected chi connectivity index (χ1v) is 10.4. The van der Waals surface area contributed by atoms with Gasteiger partial charge >= 0.3 is 0 Å². The smallest absolute Gasteiger partial charge is 0.228 e. The van der Waals surface area contributed by atoms with Crippen LogP contribution in [0.25, 0.3) is 0 Å². The van der Waals surface area contributed by atoms with E-state index in [1.54, 1.807) is 17.3 Å². The molecule has 0 aliphatic carbocycles. The SMILES string of the molecule is O=C(NCc1ccncc1)C1CCN(C(=O)C2CC(=O)N(c3ccccc3)C2)CC1. The molecule has 7 nitrogen and oxygen atoms in total. The zero-order valence-electron chi connectivity index (χ0n) is 16.9. The Bertz CT molecular complexity index is 895. The lowest BCUT2D eigenvalue weighted by Gasteiger charge is -2.33. The molecule has 7 heteroatoms. The second-order valence-electron chi connectivity index (χ2n) is 7.91. The predicted octanol–water partition coefficient (Wildman–Crippen LogP) is 1.99. The van der Waals surface area contributed by atoms with Crippen LogP contribution in [0.1, 0.15) is 24.8 Å². The molecule has 3 amide bonds. The van der Waals surface area contributed by atoms with Crippen molar-refractivity contribution in [2.24, 2.45) is 11.8 Å². The summed E-state index contributed by atoms with van der Waals surface area (Å²) in [4.78, 5) is 45.3. The van der Waals surface area contributed by atoms with Gasteiger partial charge in [0.2, 0.25) is 17.7 Å². The molecule has 1 N–H and O–H groups in total. The van der Waals surface area contributed by atoms with Gasteiger partial charge in [-0.3, -0.25) is 19.4 Å². The van der Waals surface area contributed by atoms with Crippen LogP contribution in [-0.2, 0) is 20.9 Å². The minimum atomic E-state index is -0.310. The van der Waals surface area contributed by atoms with E-state index in [1.807, 2.05) is 47.4 Å². The normalized spacial score (nSPS) is 19.7. The molecule has 3 heterocycles. The van der Waals surface area contributed by atoms with Crippen molar-refractivity contribution in [3.8, 4) is 0 Å². The van der Waals surface area contributed by atoms with Crippen molar-refractivity contribution >= 4 is 23.4 Å². The molecule has 2 aliphatic rings. The number of rotatable bonds is 5. The van der Waals surface area contributed by atoms with Crippen LogP contribution in [0, 0.1) is 11.8 Å². The number of likely N-dealkylation sites (tertiary alicyclic amines) is 1. The molecule has 1 unspecified atom stereocenters. The average Bonchev–Trinajstić information content (AvgIpc) is 3.20. The van der Waals surface area contributed by atoms with Gasteiger partial charge in [0.25, 0.3) is 0 Å². The maximum absolute atomic E-state index is 13.0. The Balaban J connectivity index is 1.26. The van der Waals surface area contributed by atoms with Crippen LogP contribution in [0.5, 0.6) is 0 Å². The number of pyridine rings is 1. The summed E-state index contributed by atoms with van der Waals surface area (Å²) < 4.78 is 0. The standard InChI is InChI=1S/C23H26N4O3/c28-21-14-19(16-27(21)20-4-2-1-3-5-20)23(30)26-12-8-18(9-13-26)22(29)25-15-17-6-10-24-11-7-17/h1-7,10-11,18-19H,8-9,12-16H2,(H,25,29). The highest BCUT2D eigenvalue weighted by Crippen LogP contribution is 2.27. The lowest BCUT2D eigenvalue weighted by molar-refractivity contribution is -0.139. The topological polar surface area (TPSA) is 82.6 Å². The summed E-state index contributed by atoms with van der Waals surface area (Å²) in [7, 11) is 0. The number of para-hydroxylation sites is 1. The molecule has 1 aromatic carbocycles. The van der Waals surface area contributed by atoms with Crippen LogP contribution in [0.4, 0.5) is 5.69 Å². The van der Waals surface area contributed by atoms with E-state index in [9.17, 15) is 14.4 Å². The highest BCUT2D eigenvalue weighted by Gasteiger charge is 2.38. The number of hydrogen-bond acceptors (Lipinski definition) is 4. The minimum Gasteiger partial charge on any atom is -0.352 e. The fourth-order valence-corrected chi connectivity index (χ4v) is 4.18. The number of carbonyl (C=O) groups is 3. The number of benzene rings is 1. The molecule has 1 atom stereocenters. The zero-order chi connectivity index (χ0) is 20.9. The second-order valence-corrected chi connectivity index (χ2v) is 7.91. The monoisotopic (exact) mass is 406 g/mol. The predicted molar refractivity (Wildman–Crippen MR) is 112 cm³/mol. The third-order valence-corrected chi connectivity index (χ3v) is 5.94. The molecule has 4 rings (SSSR count).